The summed E-state index contributed by atoms with van der Waals surface area (Å²) in [7, 11) is 1.60. The smallest absolute Gasteiger partial charge is 0.250 e. The van der Waals surface area contributed by atoms with Crippen molar-refractivity contribution in [2.24, 2.45) is 0 Å². The second kappa shape index (κ2) is 11.7. The largest absolute Gasteiger partial charge is 0.497 e. The normalized spacial score (nSPS) is 14.2. The van der Waals surface area contributed by atoms with E-state index in [4.69, 9.17) is 9.15 Å². The van der Waals surface area contributed by atoms with Crippen LogP contribution in [0.1, 0.15) is 43.0 Å². The summed E-state index contributed by atoms with van der Waals surface area (Å²) in [6, 6.07) is 19.4. The van der Waals surface area contributed by atoms with Gasteiger partial charge in [-0.1, -0.05) is 43.2 Å². The molecule has 2 heterocycles. The molecule has 0 radical (unpaired) electrons. The number of methoxy groups -OCH3 is 1. The molecule has 2 aromatic heterocycles. The van der Waals surface area contributed by atoms with Gasteiger partial charge in [-0.3, -0.25) is 9.59 Å². The summed E-state index contributed by atoms with van der Waals surface area (Å²) in [5, 5.41) is 15.7. The van der Waals surface area contributed by atoms with E-state index in [-0.39, 0.29) is 30.9 Å². The number of ether oxygens (including phenoxy) is 1. The Kier molecular flexibility index (Phi) is 7.77. The van der Waals surface area contributed by atoms with E-state index < -0.39 is 6.04 Å². The fourth-order valence-electron chi connectivity index (χ4n) is 4.70. The van der Waals surface area contributed by atoms with Crippen molar-refractivity contribution >= 4 is 11.8 Å². The molecule has 5 rings (SSSR count). The lowest BCUT2D eigenvalue weighted by atomic mass is 10.1. The number of benzene rings is 2. The third kappa shape index (κ3) is 5.91. The third-order valence-corrected chi connectivity index (χ3v) is 6.67. The molecule has 1 atom stereocenters. The minimum absolute atomic E-state index is 0.0951. The zero-order chi connectivity index (χ0) is 26.3. The number of aromatic nitrogens is 4. The SMILES string of the molecule is COc1ccc(-c2nnn(CC(=O)N(Cc3ccccc3)C(C(=O)NC3CCCC3)c3ccco3)n2)cc1. The summed E-state index contributed by atoms with van der Waals surface area (Å²) >= 11 is 0. The van der Waals surface area contributed by atoms with Crippen molar-refractivity contribution < 1.29 is 18.7 Å². The molecule has 1 fully saturated rings. The van der Waals surface area contributed by atoms with Crippen molar-refractivity contribution in [2.45, 2.75) is 50.9 Å². The second-order valence-electron chi connectivity index (χ2n) is 9.29. The van der Waals surface area contributed by atoms with E-state index in [2.05, 4.69) is 20.7 Å². The van der Waals surface area contributed by atoms with Crippen LogP contribution in [0.4, 0.5) is 0 Å². The molecule has 0 bridgehead atoms. The maximum Gasteiger partial charge on any atom is 0.250 e. The van der Waals surface area contributed by atoms with Crippen molar-refractivity contribution in [1.82, 2.24) is 30.4 Å². The average molecular weight is 515 g/mol. The number of hydrogen-bond acceptors (Lipinski definition) is 7. The Hall–Kier alpha value is -4.47. The average Bonchev–Trinajstić information content (AvgIpc) is 3.73. The highest BCUT2D eigenvalue weighted by molar-refractivity contribution is 5.88. The van der Waals surface area contributed by atoms with Crippen LogP contribution in [0.2, 0.25) is 0 Å². The first-order chi connectivity index (χ1) is 18.6. The molecule has 1 N–H and O–H groups in total. The lowest BCUT2D eigenvalue weighted by Crippen LogP contribution is -2.46. The van der Waals surface area contributed by atoms with Crippen molar-refractivity contribution in [1.29, 1.82) is 0 Å². The molecule has 1 unspecified atom stereocenters. The predicted molar refractivity (Wildman–Crippen MR) is 139 cm³/mol. The van der Waals surface area contributed by atoms with E-state index in [0.29, 0.717) is 17.3 Å². The molecule has 0 spiro atoms. The van der Waals surface area contributed by atoms with Gasteiger partial charge < -0.3 is 19.4 Å². The number of carbonyl (C=O) groups is 2. The van der Waals surface area contributed by atoms with Crippen LogP contribution in [0.3, 0.4) is 0 Å². The van der Waals surface area contributed by atoms with Crippen molar-refractivity contribution in [3.8, 4) is 17.1 Å². The molecule has 1 saturated carbocycles. The number of amides is 2. The first-order valence-electron chi connectivity index (χ1n) is 12.7. The van der Waals surface area contributed by atoms with Gasteiger partial charge in [0.15, 0.2) is 6.04 Å². The Morgan fingerprint density at radius 2 is 1.84 bits per heavy atom. The summed E-state index contributed by atoms with van der Waals surface area (Å²) in [6.45, 7) is 0.0209. The van der Waals surface area contributed by atoms with Crippen LogP contribution >= 0.6 is 0 Å². The van der Waals surface area contributed by atoms with Crippen LogP contribution < -0.4 is 10.1 Å². The zero-order valence-corrected chi connectivity index (χ0v) is 21.2. The van der Waals surface area contributed by atoms with E-state index in [9.17, 15) is 9.59 Å². The van der Waals surface area contributed by atoms with Crippen molar-refractivity contribution in [3.05, 3.63) is 84.3 Å². The van der Waals surface area contributed by atoms with E-state index >= 15 is 0 Å². The Morgan fingerprint density at radius 1 is 1.08 bits per heavy atom. The fraction of sp³-hybridized carbons (Fsp3) is 0.321. The van der Waals surface area contributed by atoms with Gasteiger partial charge in [-0.25, -0.2) is 0 Å². The summed E-state index contributed by atoms with van der Waals surface area (Å²) in [4.78, 5) is 30.2. The number of nitrogens with zero attached hydrogens (tertiary/aromatic N) is 5. The van der Waals surface area contributed by atoms with Crippen LogP contribution in [0.25, 0.3) is 11.4 Å². The number of tetrazole rings is 1. The van der Waals surface area contributed by atoms with Crippen LogP contribution in [0.5, 0.6) is 5.75 Å². The van der Waals surface area contributed by atoms with Crippen LogP contribution in [-0.2, 0) is 22.7 Å². The molecule has 0 saturated heterocycles. The van der Waals surface area contributed by atoms with Gasteiger partial charge in [0.25, 0.3) is 5.91 Å². The third-order valence-electron chi connectivity index (χ3n) is 6.67. The van der Waals surface area contributed by atoms with Gasteiger partial charge in [-0.15, -0.1) is 10.2 Å². The molecule has 2 aromatic carbocycles. The van der Waals surface area contributed by atoms with E-state index in [1.54, 1.807) is 31.4 Å². The van der Waals surface area contributed by atoms with Gasteiger partial charge in [0.05, 0.1) is 13.4 Å². The summed E-state index contributed by atoms with van der Waals surface area (Å²) in [6.07, 6.45) is 5.53. The van der Waals surface area contributed by atoms with Gasteiger partial charge in [0.2, 0.25) is 11.7 Å². The molecule has 4 aromatic rings. The second-order valence-corrected chi connectivity index (χ2v) is 9.29. The minimum Gasteiger partial charge on any atom is -0.497 e. The summed E-state index contributed by atoms with van der Waals surface area (Å²) in [5.41, 5.74) is 1.63. The minimum atomic E-state index is -0.942. The molecule has 38 heavy (non-hydrogen) atoms. The highest BCUT2D eigenvalue weighted by Gasteiger charge is 2.35. The van der Waals surface area contributed by atoms with E-state index in [1.165, 1.54) is 16.0 Å². The number of furan rings is 1. The van der Waals surface area contributed by atoms with Gasteiger partial charge in [-0.2, -0.15) is 4.80 Å². The summed E-state index contributed by atoms with van der Waals surface area (Å²) < 4.78 is 10.9. The number of rotatable bonds is 10. The first kappa shape index (κ1) is 25.2. The Labute approximate surface area is 220 Å². The van der Waals surface area contributed by atoms with Gasteiger partial charge in [-0.05, 0) is 60.0 Å². The molecule has 1 aliphatic carbocycles. The van der Waals surface area contributed by atoms with Gasteiger partial charge in [0, 0.05) is 18.2 Å². The maximum absolute atomic E-state index is 13.8. The monoisotopic (exact) mass is 514 g/mol. The zero-order valence-electron chi connectivity index (χ0n) is 21.2. The molecule has 2 amide bonds. The van der Waals surface area contributed by atoms with Crippen LogP contribution in [0, 0.1) is 0 Å². The molecule has 10 nitrogen and oxygen atoms in total. The standard InChI is InChI=1S/C28H30N6O4/c1-37-23-15-13-21(14-16-23)27-30-32-34(31-27)19-25(35)33(18-20-8-3-2-4-9-20)26(24-12-7-17-38-24)28(36)29-22-10-5-6-11-22/h2-4,7-9,12-17,22,26H,5-6,10-11,18-19H2,1H3,(H,29,36). The van der Waals surface area contributed by atoms with E-state index in [1.807, 2.05) is 42.5 Å². The molecular formula is C28H30N6O4. The highest BCUT2D eigenvalue weighted by Crippen LogP contribution is 2.27. The molecule has 0 aliphatic heterocycles. The Morgan fingerprint density at radius 3 is 2.53 bits per heavy atom. The topological polar surface area (TPSA) is 115 Å². The van der Waals surface area contributed by atoms with Gasteiger partial charge >= 0.3 is 0 Å². The number of nitrogens with one attached hydrogen (secondary N) is 1. The first-order valence-corrected chi connectivity index (χ1v) is 12.7. The fourth-order valence-corrected chi connectivity index (χ4v) is 4.70. The number of carbonyl (C=O) groups excluding carboxylic acids is 2. The lowest BCUT2D eigenvalue weighted by molar-refractivity contribution is -0.143. The Bertz CT molecular complexity index is 1330. The molecule has 196 valence electrons. The molecule has 1 aliphatic rings. The van der Waals surface area contributed by atoms with Crippen molar-refractivity contribution in [2.75, 3.05) is 7.11 Å². The molecular weight excluding hydrogens is 484 g/mol. The Balaban J connectivity index is 1.41. The number of hydrogen-bond donors (Lipinski definition) is 1. The van der Waals surface area contributed by atoms with Gasteiger partial charge in [0.1, 0.15) is 18.1 Å². The van der Waals surface area contributed by atoms with Crippen molar-refractivity contribution in [3.63, 3.8) is 0 Å². The van der Waals surface area contributed by atoms with Crippen LogP contribution in [-0.4, -0.2) is 50.1 Å². The van der Waals surface area contributed by atoms with Crippen LogP contribution in [0.15, 0.2) is 77.4 Å². The summed E-state index contributed by atoms with van der Waals surface area (Å²) in [5.74, 6) is 0.900. The predicted octanol–water partition coefficient (Wildman–Crippen LogP) is 3.77. The maximum atomic E-state index is 13.8. The lowest BCUT2D eigenvalue weighted by Gasteiger charge is -2.30. The van der Waals surface area contributed by atoms with E-state index in [0.717, 1.165) is 36.8 Å². The quantitative estimate of drug-likeness (QED) is 0.343. The highest BCUT2D eigenvalue weighted by atomic mass is 16.5. The molecule has 10 heteroatoms.